The van der Waals surface area contributed by atoms with Crippen LogP contribution >= 0.6 is 0 Å². The van der Waals surface area contributed by atoms with Crippen molar-refractivity contribution in [1.82, 2.24) is 10.2 Å². The Morgan fingerprint density at radius 2 is 2.04 bits per heavy atom. The van der Waals surface area contributed by atoms with Crippen molar-refractivity contribution in [3.05, 3.63) is 60.1 Å². The second-order valence-electron chi connectivity index (χ2n) is 6.56. The van der Waals surface area contributed by atoms with E-state index < -0.39 is 11.9 Å². The largest absolute Gasteiger partial charge is 0.467 e. The number of carbonyl (C=O) groups excluding carboxylic acids is 3. The summed E-state index contributed by atoms with van der Waals surface area (Å²) in [5.41, 5.74) is 0.965. The molecule has 0 bridgehead atoms. The fourth-order valence-electron chi connectivity index (χ4n) is 3.04. The third kappa shape index (κ3) is 4.97. The molecule has 1 aromatic heterocycles. The first-order chi connectivity index (χ1) is 13.0. The lowest BCUT2D eigenvalue weighted by molar-refractivity contribution is -0.152. The van der Waals surface area contributed by atoms with Gasteiger partial charge >= 0.3 is 5.97 Å². The van der Waals surface area contributed by atoms with Crippen LogP contribution in [-0.4, -0.2) is 35.8 Å². The molecule has 3 rings (SSSR count). The second-order valence-corrected chi connectivity index (χ2v) is 6.56. The number of nitrogens with zero attached hydrogens (tertiary/aromatic N) is 1. The minimum atomic E-state index is -0.563. The number of furan rings is 1. The van der Waals surface area contributed by atoms with Crippen molar-refractivity contribution >= 4 is 17.8 Å². The minimum absolute atomic E-state index is 0.0849. The number of nitrogens with one attached hydrogen (secondary N) is 1. The molecule has 7 heteroatoms. The highest BCUT2D eigenvalue weighted by Crippen LogP contribution is 2.21. The lowest BCUT2D eigenvalue weighted by atomic mass is 10.1. The smallest absolute Gasteiger partial charge is 0.311 e. The first kappa shape index (κ1) is 18.7. The topological polar surface area (TPSA) is 88.8 Å². The van der Waals surface area contributed by atoms with Crippen LogP contribution in [0.4, 0.5) is 0 Å². The third-order valence-electron chi connectivity index (χ3n) is 4.50. The first-order valence-electron chi connectivity index (χ1n) is 8.84. The van der Waals surface area contributed by atoms with E-state index >= 15 is 0 Å². The van der Waals surface area contributed by atoms with E-state index in [4.69, 9.17) is 9.15 Å². The van der Waals surface area contributed by atoms with Crippen LogP contribution in [-0.2, 0) is 25.7 Å². The number of likely N-dealkylation sites (tertiary alicyclic amines) is 1. The second kappa shape index (κ2) is 8.53. The van der Waals surface area contributed by atoms with Gasteiger partial charge in [-0.15, -0.1) is 0 Å². The van der Waals surface area contributed by atoms with Gasteiger partial charge in [-0.25, -0.2) is 0 Å². The number of rotatable bonds is 7. The van der Waals surface area contributed by atoms with Gasteiger partial charge in [-0.05, 0) is 24.6 Å². The molecule has 0 saturated carbocycles. The molecule has 7 nitrogen and oxygen atoms in total. The van der Waals surface area contributed by atoms with Crippen molar-refractivity contribution in [1.29, 1.82) is 0 Å². The van der Waals surface area contributed by atoms with E-state index in [1.807, 2.05) is 37.3 Å². The average Bonchev–Trinajstić information content (AvgIpc) is 3.31. The van der Waals surface area contributed by atoms with Crippen molar-refractivity contribution in [2.24, 2.45) is 5.92 Å². The summed E-state index contributed by atoms with van der Waals surface area (Å²) >= 11 is 0. The fraction of sp³-hybridized carbons (Fsp3) is 0.350. The maximum Gasteiger partial charge on any atom is 0.311 e. The molecular weight excluding hydrogens is 348 g/mol. The van der Waals surface area contributed by atoms with Gasteiger partial charge in [0.15, 0.2) is 6.61 Å². The normalized spacial score (nSPS) is 17.6. The van der Waals surface area contributed by atoms with E-state index in [1.165, 1.54) is 6.26 Å². The van der Waals surface area contributed by atoms with Gasteiger partial charge in [-0.1, -0.05) is 30.3 Å². The van der Waals surface area contributed by atoms with Crippen LogP contribution in [0.15, 0.2) is 53.1 Å². The van der Waals surface area contributed by atoms with Crippen LogP contribution in [0.2, 0.25) is 0 Å². The molecule has 0 unspecified atom stereocenters. The molecule has 2 amide bonds. The summed E-state index contributed by atoms with van der Waals surface area (Å²) in [4.78, 5) is 37.8. The number of carbonyl (C=O) groups is 3. The summed E-state index contributed by atoms with van der Waals surface area (Å²) in [6.07, 6.45) is 1.62. The molecule has 1 aromatic carbocycles. The van der Waals surface area contributed by atoms with Crippen molar-refractivity contribution in [3.8, 4) is 0 Å². The summed E-state index contributed by atoms with van der Waals surface area (Å²) < 4.78 is 10.3. The number of hydrogen-bond acceptors (Lipinski definition) is 5. The van der Waals surface area contributed by atoms with Crippen LogP contribution in [0, 0.1) is 5.92 Å². The summed E-state index contributed by atoms with van der Waals surface area (Å²) in [5, 5.41) is 2.78. The Balaban J connectivity index is 1.44. The Labute approximate surface area is 157 Å². The van der Waals surface area contributed by atoms with Crippen LogP contribution in [0.3, 0.4) is 0 Å². The Kier molecular flexibility index (Phi) is 5.90. The maximum absolute atomic E-state index is 12.2. The first-order valence-corrected chi connectivity index (χ1v) is 8.84. The molecule has 2 aromatic rings. The van der Waals surface area contributed by atoms with Crippen LogP contribution < -0.4 is 5.32 Å². The summed E-state index contributed by atoms with van der Waals surface area (Å²) in [6, 6.07) is 12.8. The van der Waals surface area contributed by atoms with E-state index in [1.54, 1.807) is 17.0 Å². The standard InChI is InChI=1S/C20H22N2O5/c1-14(15-6-3-2-4-7-15)21-18(23)13-27-20(25)16-10-19(24)22(11-16)12-17-8-5-9-26-17/h2-9,14,16H,10-13H2,1H3,(H,21,23)/t14-,16-/m1/s1. The summed E-state index contributed by atoms with van der Waals surface area (Å²) in [7, 11) is 0. The highest BCUT2D eigenvalue weighted by atomic mass is 16.5. The Hall–Kier alpha value is -3.09. The average molecular weight is 370 g/mol. The Bertz CT molecular complexity index is 788. The van der Waals surface area contributed by atoms with Crippen molar-refractivity contribution < 1.29 is 23.5 Å². The monoisotopic (exact) mass is 370 g/mol. The molecule has 0 aliphatic carbocycles. The predicted octanol–water partition coefficient (Wildman–Crippen LogP) is 2.05. The molecule has 0 radical (unpaired) electrons. The molecular formula is C20H22N2O5. The number of benzene rings is 1. The minimum Gasteiger partial charge on any atom is -0.467 e. The predicted molar refractivity (Wildman–Crippen MR) is 96.2 cm³/mol. The summed E-state index contributed by atoms with van der Waals surface area (Å²) in [6.45, 7) is 2.08. The quantitative estimate of drug-likeness (QED) is 0.754. The van der Waals surface area contributed by atoms with Gasteiger partial charge in [0, 0.05) is 13.0 Å². The lowest BCUT2D eigenvalue weighted by Crippen LogP contribution is -2.32. The van der Waals surface area contributed by atoms with Crippen LogP contribution in [0.25, 0.3) is 0 Å². The van der Waals surface area contributed by atoms with E-state index in [0.717, 1.165) is 5.56 Å². The molecule has 1 aliphatic heterocycles. The zero-order valence-electron chi connectivity index (χ0n) is 15.1. The molecule has 1 saturated heterocycles. The fourth-order valence-corrected chi connectivity index (χ4v) is 3.04. The van der Waals surface area contributed by atoms with Gasteiger partial charge in [0.05, 0.1) is 24.8 Å². The molecule has 27 heavy (non-hydrogen) atoms. The molecule has 1 aliphatic rings. The van der Waals surface area contributed by atoms with Gasteiger partial charge < -0.3 is 19.4 Å². The zero-order valence-corrected chi connectivity index (χ0v) is 15.1. The SMILES string of the molecule is C[C@@H](NC(=O)COC(=O)[C@@H]1CC(=O)N(Cc2ccco2)C1)c1ccccc1. The molecule has 1 N–H and O–H groups in total. The van der Waals surface area contributed by atoms with Gasteiger partial charge in [-0.2, -0.15) is 0 Å². The van der Waals surface area contributed by atoms with Crippen molar-refractivity contribution in [3.63, 3.8) is 0 Å². The molecule has 0 spiro atoms. The van der Waals surface area contributed by atoms with Gasteiger partial charge in [0.25, 0.3) is 5.91 Å². The zero-order chi connectivity index (χ0) is 19.2. The van der Waals surface area contributed by atoms with E-state index in [-0.39, 0.29) is 37.4 Å². The Morgan fingerprint density at radius 1 is 1.26 bits per heavy atom. The van der Waals surface area contributed by atoms with Gasteiger partial charge in [-0.3, -0.25) is 14.4 Å². The summed E-state index contributed by atoms with van der Waals surface area (Å²) in [5.74, 6) is -0.946. The number of amides is 2. The number of ether oxygens (including phenoxy) is 1. The van der Waals surface area contributed by atoms with Gasteiger partial charge in [0.1, 0.15) is 5.76 Å². The third-order valence-corrected chi connectivity index (χ3v) is 4.50. The molecule has 142 valence electrons. The lowest BCUT2D eigenvalue weighted by Gasteiger charge is -2.16. The van der Waals surface area contributed by atoms with Crippen LogP contribution in [0.1, 0.15) is 30.7 Å². The van der Waals surface area contributed by atoms with Crippen molar-refractivity contribution in [2.75, 3.05) is 13.2 Å². The number of hydrogen-bond donors (Lipinski definition) is 1. The van der Waals surface area contributed by atoms with Crippen LogP contribution in [0.5, 0.6) is 0 Å². The molecule has 2 atom stereocenters. The molecule has 2 heterocycles. The maximum atomic E-state index is 12.2. The van der Waals surface area contributed by atoms with Crippen molar-refractivity contribution in [2.45, 2.75) is 25.9 Å². The van der Waals surface area contributed by atoms with E-state index in [0.29, 0.717) is 12.3 Å². The van der Waals surface area contributed by atoms with E-state index in [9.17, 15) is 14.4 Å². The van der Waals surface area contributed by atoms with E-state index in [2.05, 4.69) is 5.32 Å². The number of esters is 1. The highest BCUT2D eigenvalue weighted by Gasteiger charge is 2.35. The van der Waals surface area contributed by atoms with Gasteiger partial charge in [0.2, 0.25) is 5.91 Å². The molecule has 1 fully saturated rings. The Morgan fingerprint density at radius 3 is 2.74 bits per heavy atom. The highest BCUT2D eigenvalue weighted by molar-refractivity contribution is 5.88.